The maximum atomic E-state index is 11.7. The van der Waals surface area contributed by atoms with Crippen LogP contribution in [0.1, 0.15) is 23.7 Å². The molecule has 1 aromatic carbocycles. The number of phenolic OH excluding ortho intramolecular Hbond substituents is 1. The number of aromatic hydroxyl groups is 1. The van der Waals surface area contributed by atoms with Crippen LogP contribution in [-0.2, 0) is 4.79 Å². The molecule has 0 bridgehead atoms. The molecule has 6 heteroatoms. The Kier molecular flexibility index (Phi) is 2.55. The van der Waals surface area contributed by atoms with Crippen LogP contribution in [-0.4, -0.2) is 22.6 Å². The van der Waals surface area contributed by atoms with Crippen molar-refractivity contribution in [2.45, 2.75) is 13.3 Å². The number of Topliss-reactive ketones (excluding diaryl/α,β-unsaturated/α-hetero) is 2. The van der Waals surface area contributed by atoms with Crippen molar-refractivity contribution < 1.29 is 14.7 Å². The predicted octanol–water partition coefficient (Wildman–Crippen LogP) is -0.258. The van der Waals surface area contributed by atoms with Gasteiger partial charge in [0.1, 0.15) is 11.1 Å². The highest BCUT2D eigenvalue weighted by atomic mass is 16.3. The van der Waals surface area contributed by atoms with E-state index in [1.165, 1.54) is 19.1 Å². The Hall–Kier alpha value is -2.37. The number of ketones is 2. The second-order valence-corrected chi connectivity index (χ2v) is 3.68. The van der Waals surface area contributed by atoms with Crippen LogP contribution in [0.2, 0.25) is 0 Å². The molecule has 2 N–H and O–H groups in total. The molecule has 0 saturated carbocycles. The number of fused-ring (bicyclic) bond motifs is 1. The lowest BCUT2D eigenvalue weighted by molar-refractivity contribution is -0.116. The summed E-state index contributed by atoms with van der Waals surface area (Å²) >= 11 is 0. The fourth-order valence-electron chi connectivity index (χ4n) is 1.56. The van der Waals surface area contributed by atoms with Crippen molar-refractivity contribution in [3.8, 4) is 5.75 Å². The van der Waals surface area contributed by atoms with E-state index in [-0.39, 0.29) is 34.8 Å². The van der Waals surface area contributed by atoms with Crippen molar-refractivity contribution in [2.75, 3.05) is 0 Å². The van der Waals surface area contributed by atoms with E-state index in [1.54, 1.807) is 0 Å². The van der Waals surface area contributed by atoms with E-state index in [0.717, 1.165) is 0 Å². The molecule has 6 nitrogen and oxygen atoms in total. The summed E-state index contributed by atoms with van der Waals surface area (Å²) in [6.45, 7) is 1.30. The maximum Gasteiger partial charge on any atom is 0.243 e. The number of carbonyl (C=O) groups is 2. The van der Waals surface area contributed by atoms with Gasteiger partial charge in [-0.15, -0.1) is 0 Å². The van der Waals surface area contributed by atoms with E-state index < -0.39 is 5.78 Å². The minimum Gasteiger partial charge on any atom is -0.505 e. The van der Waals surface area contributed by atoms with Crippen molar-refractivity contribution in [3.63, 3.8) is 0 Å². The third-order valence-corrected chi connectivity index (χ3v) is 2.28. The molecule has 0 aromatic heterocycles. The summed E-state index contributed by atoms with van der Waals surface area (Å²) in [7, 11) is 0. The summed E-state index contributed by atoms with van der Waals surface area (Å²) in [5, 5.41) is 17.5. The van der Waals surface area contributed by atoms with Gasteiger partial charge in [-0.3, -0.25) is 15.0 Å². The van der Waals surface area contributed by atoms with Crippen LogP contribution in [0, 0.1) is 5.41 Å². The zero-order valence-corrected chi connectivity index (χ0v) is 9.02. The fraction of sp³-hybridized carbons (Fsp3) is 0.182. The average Bonchev–Trinajstić information content (AvgIpc) is 2.58. The smallest absolute Gasteiger partial charge is 0.243 e. The van der Waals surface area contributed by atoms with E-state index in [0.29, 0.717) is 5.36 Å². The summed E-state index contributed by atoms with van der Waals surface area (Å²) in [5.74, 6) is -1.28. The molecule has 1 heterocycles. The van der Waals surface area contributed by atoms with Crippen molar-refractivity contribution >= 4 is 17.5 Å². The average molecular weight is 231 g/mol. The molecule has 0 aliphatic carbocycles. The Morgan fingerprint density at radius 2 is 2.06 bits per heavy atom. The van der Waals surface area contributed by atoms with Crippen molar-refractivity contribution in [1.82, 2.24) is 0 Å². The molecule has 0 saturated heterocycles. The molecule has 1 aliphatic heterocycles. The summed E-state index contributed by atoms with van der Waals surface area (Å²) in [4.78, 5) is 30.0. The van der Waals surface area contributed by atoms with Crippen LogP contribution in [0.25, 0.3) is 0 Å². The summed E-state index contributed by atoms with van der Waals surface area (Å²) in [5.41, 5.74) is 0.0348. The van der Waals surface area contributed by atoms with Gasteiger partial charge in [0.2, 0.25) is 5.96 Å². The van der Waals surface area contributed by atoms with Crippen LogP contribution in [0.4, 0.5) is 0 Å². The first-order valence-corrected chi connectivity index (χ1v) is 4.89. The Balaban J connectivity index is 2.55. The first kappa shape index (κ1) is 11.1. The van der Waals surface area contributed by atoms with Gasteiger partial charge in [0.25, 0.3) is 0 Å². The summed E-state index contributed by atoms with van der Waals surface area (Å²) in [6, 6.07) is 2.88. The summed E-state index contributed by atoms with van der Waals surface area (Å²) < 4.78 is 0. The second-order valence-electron chi connectivity index (χ2n) is 3.68. The number of carbonyl (C=O) groups excluding carboxylic acids is 2. The molecule has 0 spiro atoms. The van der Waals surface area contributed by atoms with Gasteiger partial charge in [0.05, 0.1) is 17.3 Å². The van der Waals surface area contributed by atoms with Crippen molar-refractivity contribution in [2.24, 2.45) is 9.98 Å². The lowest BCUT2D eigenvalue weighted by atomic mass is 10.0. The number of hydrogen-bond acceptors (Lipinski definition) is 4. The predicted molar refractivity (Wildman–Crippen MR) is 57.8 cm³/mol. The number of rotatable bonds is 3. The normalized spacial score (nSPS) is 12.6. The molecule has 0 fully saturated rings. The Morgan fingerprint density at radius 1 is 1.35 bits per heavy atom. The molecule has 1 aliphatic rings. The molecule has 0 amide bonds. The third kappa shape index (κ3) is 1.96. The number of benzene rings is 1. The molecular weight excluding hydrogens is 222 g/mol. The molecule has 86 valence electrons. The van der Waals surface area contributed by atoms with Crippen LogP contribution < -0.4 is 10.7 Å². The second kappa shape index (κ2) is 3.89. The van der Waals surface area contributed by atoms with E-state index in [2.05, 4.69) is 9.98 Å². The molecule has 0 unspecified atom stereocenters. The quantitative estimate of drug-likeness (QED) is 0.553. The zero-order chi connectivity index (χ0) is 12.6. The molecule has 1 aromatic rings. The molecule has 2 rings (SSSR count). The molecule has 0 atom stereocenters. The highest BCUT2D eigenvalue weighted by Crippen LogP contribution is 2.12. The minimum atomic E-state index is -0.466. The van der Waals surface area contributed by atoms with Gasteiger partial charge >= 0.3 is 0 Å². The van der Waals surface area contributed by atoms with E-state index in [4.69, 9.17) is 5.41 Å². The van der Waals surface area contributed by atoms with Gasteiger partial charge in [-0.05, 0) is 19.1 Å². The lowest BCUT2D eigenvalue weighted by Crippen LogP contribution is -2.24. The van der Waals surface area contributed by atoms with Crippen molar-refractivity contribution in [3.05, 3.63) is 28.4 Å². The first-order valence-electron chi connectivity index (χ1n) is 4.89. The fourth-order valence-corrected chi connectivity index (χ4v) is 1.56. The zero-order valence-electron chi connectivity index (χ0n) is 9.02. The van der Waals surface area contributed by atoms with Gasteiger partial charge in [0.15, 0.2) is 11.5 Å². The van der Waals surface area contributed by atoms with Gasteiger partial charge in [0, 0.05) is 0 Å². The lowest BCUT2D eigenvalue weighted by Gasteiger charge is -2.01. The Labute approximate surface area is 95.8 Å². The van der Waals surface area contributed by atoms with E-state index in [1.807, 2.05) is 0 Å². The minimum absolute atomic E-state index is 0.0348. The van der Waals surface area contributed by atoms with Crippen LogP contribution in [0.15, 0.2) is 22.1 Å². The van der Waals surface area contributed by atoms with Gasteiger partial charge in [-0.25, -0.2) is 9.98 Å². The largest absolute Gasteiger partial charge is 0.505 e. The number of hydrogen-bond donors (Lipinski definition) is 2. The van der Waals surface area contributed by atoms with Crippen LogP contribution in [0.3, 0.4) is 0 Å². The topological polar surface area (TPSA) is 103 Å². The molecule has 17 heavy (non-hydrogen) atoms. The number of nitrogens with zero attached hydrogens (tertiary/aromatic N) is 2. The van der Waals surface area contributed by atoms with Crippen LogP contribution in [0.5, 0.6) is 5.75 Å². The van der Waals surface area contributed by atoms with Crippen LogP contribution >= 0.6 is 0 Å². The third-order valence-electron chi connectivity index (χ3n) is 2.28. The first-order chi connectivity index (χ1) is 7.99. The van der Waals surface area contributed by atoms with Gasteiger partial charge in [-0.1, -0.05) is 0 Å². The SMILES string of the molecule is CC(=O)CC(=O)c1ccc2c(c1O)=NC(=N)N=2. The molecular formula is C11H9N3O3. The Bertz CT molecular complexity index is 661. The Morgan fingerprint density at radius 3 is 2.71 bits per heavy atom. The molecule has 0 radical (unpaired) electrons. The van der Waals surface area contributed by atoms with E-state index in [9.17, 15) is 14.7 Å². The highest BCUT2D eigenvalue weighted by Gasteiger charge is 2.17. The van der Waals surface area contributed by atoms with Gasteiger partial charge < -0.3 is 5.11 Å². The van der Waals surface area contributed by atoms with Gasteiger partial charge in [-0.2, -0.15) is 0 Å². The van der Waals surface area contributed by atoms with Crippen molar-refractivity contribution in [1.29, 1.82) is 5.41 Å². The maximum absolute atomic E-state index is 11.7. The highest BCUT2D eigenvalue weighted by molar-refractivity contribution is 6.08. The van der Waals surface area contributed by atoms with E-state index >= 15 is 0 Å². The summed E-state index contributed by atoms with van der Waals surface area (Å²) in [6.07, 6.45) is -0.263. The standard InChI is InChI=1S/C11H9N3O3/c1-5(15)4-8(16)6-2-3-7-9(10(6)17)14-11(12)13-7/h2-3,12,17H,4H2,1H3. The number of phenols is 1. The monoisotopic (exact) mass is 231 g/mol. The number of guanidine groups is 1. The number of nitrogens with one attached hydrogen (secondary N) is 1.